The summed E-state index contributed by atoms with van der Waals surface area (Å²) >= 11 is 0. The Hall–Kier alpha value is -3.16. The van der Waals surface area contributed by atoms with Crippen molar-refractivity contribution in [1.29, 1.82) is 0 Å². The van der Waals surface area contributed by atoms with Crippen LogP contribution in [0.1, 0.15) is 67.7 Å². The second kappa shape index (κ2) is 20.1. The molecule has 0 aromatic carbocycles. The molecule has 0 radical (unpaired) electrons. The molecular weight excluding hydrogens is 647 g/mol. The van der Waals surface area contributed by atoms with Crippen LogP contribution >= 0.6 is 0 Å². The molecule has 0 bridgehead atoms. The van der Waals surface area contributed by atoms with Gasteiger partial charge in [0.2, 0.25) is 11.8 Å². The van der Waals surface area contributed by atoms with Crippen molar-refractivity contribution in [3.05, 3.63) is 0 Å². The summed E-state index contributed by atoms with van der Waals surface area (Å²) in [4.78, 5) is 44.9. The van der Waals surface area contributed by atoms with Gasteiger partial charge in [-0.25, -0.2) is 0 Å². The van der Waals surface area contributed by atoms with Crippen LogP contribution in [0.25, 0.3) is 0 Å². The molecule has 0 heterocycles. The van der Waals surface area contributed by atoms with E-state index in [1.165, 1.54) is 12.8 Å². The zero-order valence-electron chi connectivity index (χ0n) is 20.4. The Labute approximate surface area is 181 Å². The molecule has 3 unspecified atom stereocenters. The van der Waals surface area contributed by atoms with Crippen molar-refractivity contribution in [2.24, 2.45) is 5.92 Å². The maximum Gasteiger partial charge on any atom is 0.290 e. The molecule has 0 aromatic rings. The SMILES string of the molecule is CCC.CCC(C)C(C(CC)OC)N(C)C(=O)CNC(=O)C(C)(C)N[C-]=O.O=CO.[Fm]. The van der Waals surface area contributed by atoms with Gasteiger partial charge >= 0.3 is 0 Å². The fraction of sp³-hybridized carbons (Fsp3) is 0.810. The Morgan fingerprint density at radius 3 is 1.97 bits per heavy atom. The van der Waals surface area contributed by atoms with E-state index >= 15 is 0 Å². The second-order valence-corrected chi connectivity index (χ2v) is 7.41. The topological polar surface area (TPSA) is 125 Å². The number of likely N-dealkylation sites (N-methyl/N-ethyl adjacent to an activating group) is 1. The van der Waals surface area contributed by atoms with Crippen LogP contribution in [0.15, 0.2) is 0 Å². The van der Waals surface area contributed by atoms with E-state index in [9.17, 15) is 14.4 Å². The molecule has 3 amide bonds. The van der Waals surface area contributed by atoms with Crippen LogP contribution in [0.2, 0.25) is 0 Å². The minimum atomic E-state index is -1.12. The van der Waals surface area contributed by atoms with Gasteiger partial charge in [0.1, 0.15) is 0 Å². The molecule has 190 valence electrons. The van der Waals surface area contributed by atoms with Gasteiger partial charge in [-0.1, -0.05) is 47.5 Å². The zero-order valence-corrected chi connectivity index (χ0v) is 22.8. The Morgan fingerprint density at radius 2 is 1.65 bits per heavy atom. The molecule has 10 heteroatoms. The van der Waals surface area contributed by atoms with Crippen LogP contribution in [0.3, 0.4) is 0 Å². The third-order valence-corrected chi connectivity index (χ3v) is 4.48. The minimum absolute atomic E-state index is 0. The molecule has 0 aliphatic rings. The molecule has 31 heavy (non-hydrogen) atoms. The van der Waals surface area contributed by atoms with Gasteiger partial charge in [-0.3, -0.25) is 14.4 Å². The average Bonchev–Trinajstić information content (AvgIpc) is 2.69. The van der Waals surface area contributed by atoms with Crippen LogP contribution in [0.4, 0.5) is 0 Å². The van der Waals surface area contributed by atoms with E-state index in [0.29, 0.717) is 0 Å². The number of amides is 3. The normalized spacial score (nSPS) is 12.7. The van der Waals surface area contributed by atoms with Crippen molar-refractivity contribution in [1.82, 2.24) is 15.5 Å². The van der Waals surface area contributed by atoms with E-state index < -0.39 is 11.4 Å². The number of rotatable bonds is 11. The first kappa shape index (κ1) is 35.3. The van der Waals surface area contributed by atoms with Crippen molar-refractivity contribution in [3.8, 4) is 0 Å². The predicted molar refractivity (Wildman–Crippen MR) is 118 cm³/mol. The fourth-order valence-corrected chi connectivity index (χ4v) is 2.64. The largest absolute Gasteiger partial charge is 0.520 e. The second-order valence-electron chi connectivity index (χ2n) is 7.41. The molecular formula is C21H42FmN3O6-. The van der Waals surface area contributed by atoms with E-state index in [2.05, 4.69) is 38.3 Å². The van der Waals surface area contributed by atoms with Gasteiger partial charge in [-0.15, -0.1) is 0 Å². The summed E-state index contributed by atoms with van der Waals surface area (Å²) < 4.78 is 5.53. The number of nitrogens with zero attached hydrogens (tertiary/aromatic N) is 1. The molecule has 3 N–H and O–H groups in total. The summed E-state index contributed by atoms with van der Waals surface area (Å²) in [6.45, 7) is 13.1. The summed E-state index contributed by atoms with van der Waals surface area (Å²) in [6, 6.07) is -0.0659. The summed E-state index contributed by atoms with van der Waals surface area (Å²) in [6.07, 6.45) is 4.40. The number of methoxy groups -OCH3 is 1. The average molecular weight is 690 g/mol. The molecule has 0 saturated carbocycles. The molecule has 0 fully saturated rings. The first-order valence-corrected chi connectivity index (χ1v) is 10.3. The van der Waals surface area contributed by atoms with Crippen molar-refractivity contribution >= 4 is 24.7 Å². The first-order chi connectivity index (χ1) is 14.0. The van der Waals surface area contributed by atoms with Gasteiger partial charge in [0.15, 0.2) is 0 Å². The Bertz CT molecular complexity index is 488. The molecule has 0 saturated heterocycles. The quantitative estimate of drug-likeness (QED) is 0.173. The Balaban J connectivity index is -0.000000463. The van der Waals surface area contributed by atoms with Gasteiger partial charge in [0, 0.05) is 14.2 Å². The number of ether oxygens (including phenoxy) is 1. The molecule has 0 rings (SSSR count). The van der Waals surface area contributed by atoms with Crippen molar-refractivity contribution in [2.45, 2.75) is 85.4 Å². The molecule has 0 aliphatic carbocycles. The van der Waals surface area contributed by atoms with Gasteiger partial charge in [0.25, 0.3) is 6.47 Å². The monoisotopic (exact) mass is 689 g/mol. The minimum Gasteiger partial charge on any atom is -0.520 e. The third kappa shape index (κ3) is 14.5. The molecule has 3 atom stereocenters. The van der Waals surface area contributed by atoms with Gasteiger partial charge in [-0.2, -0.15) is 6.41 Å². The fourth-order valence-electron chi connectivity index (χ4n) is 2.64. The number of carbonyl (C=O) groups excluding carboxylic acids is 3. The summed E-state index contributed by atoms with van der Waals surface area (Å²) in [7, 11) is 3.38. The molecule has 0 aromatic heterocycles. The predicted octanol–water partition coefficient (Wildman–Crippen LogP) is 1.95. The smallest absolute Gasteiger partial charge is 0.290 e. The third-order valence-electron chi connectivity index (χ3n) is 4.48. The van der Waals surface area contributed by atoms with Gasteiger partial charge < -0.3 is 30.2 Å². The number of nitrogens with one attached hydrogen (secondary N) is 2. The van der Waals surface area contributed by atoms with Crippen molar-refractivity contribution in [3.63, 3.8) is 0 Å². The van der Waals surface area contributed by atoms with Gasteiger partial charge in [0.05, 0.1) is 24.2 Å². The Morgan fingerprint density at radius 1 is 1.19 bits per heavy atom. The van der Waals surface area contributed by atoms with Crippen molar-refractivity contribution in [2.75, 3.05) is 20.7 Å². The Kier molecular flexibility index (Phi) is 22.9. The van der Waals surface area contributed by atoms with Crippen LogP contribution in [-0.4, -0.2) is 73.1 Å². The van der Waals surface area contributed by atoms with Crippen LogP contribution < -0.4 is 10.6 Å². The summed E-state index contributed by atoms with van der Waals surface area (Å²) in [5.74, 6) is -0.371. The summed E-state index contributed by atoms with van der Waals surface area (Å²) in [5, 5.41) is 11.8. The number of hydrogen-bond acceptors (Lipinski definition) is 5. The number of hydrogen-bond donors (Lipinski definition) is 3. The summed E-state index contributed by atoms with van der Waals surface area (Å²) in [5.41, 5.74) is -1.12. The maximum atomic E-state index is 12.5. The van der Waals surface area contributed by atoms with Crippen LogP contribution in [0.5, 0.6) is 0 Å². The maximum absolute atomic E-state index is 12.5. The standard InChI is InChI=1S/C17H32N3O4.C3H8.CH2O2.Fm/c1-8-12(3)15(13(9-2)24-7)20(6)14(22)10-18-16(23)17(4,5)19-11-21;1-3-2;2-1-3;/h12-13,15H,8-10H2,1-7H3,(H,18,23)(H,19,21);3H2,1-2H3;1H,(H,2,3);/q-1;;;. The zero-order chi connectivity index (χ0) is 24.3. The van der Waals surface area contributed by atoms with Crippen LogP contribution in [0, 0.1) is 5.92 Å². The first-order valence-electron chi connectivity index (χ1n) is 10.3. The van der Waals surface area contributed by atoms with E-state index in [0.717, 1.165) is 12.8 Å². The molecule has 0 aliphatic heterocycles. The number of carboxylic acid groups (broad SMARTS) is 1. The molecule has 9 nitrogen and oxygen atoms in total. The van der Waals surface area contributed by atoms with Gasteiger partial charge in [-0.05, 0) is 26.2 Å². The van der Waals surface area contributed by atoms with E-state index in [1.807, 2.05) is 6.92 Å². The van der Waals surface area contributed by atoms with E-state index in [4.69, 9.17) is 14.6 Å². The van der Waals surface area contributed by atoms with E-state index in [-0.39, 0.29) is 37.0 Å². The van der Waals surface area contributed by atoms with E-state index in [1.54, 1.807) is 32.9 Å². The molecule has 0 spiro atoms. The van der Waals surface area contributed by atoms with Crippen LogP contribution in [-0.2, 0) is 23.9 Å². The number of carbonyl (C=O) groups is 3. The van der Waals surface area contributed by atoms with Crippen molar-refractivity contribution < 1.29 is 29.0 Å².